The van der Waals surface area contributed by atoms with Crippen molar-refractivity contribution in [1.29, 1.82) is 0 Å². The van der Waals surface area contributed by atoms with E-state index in [1.165, 1.54) is 0 Å². The molecule has 2 saturated heterocycles. The lowest BCUT2D eigenvalue weighted by atomic mass is 9.78. The van der Waals surface area contributed by atoms with Gasteiger partial charge in [0.15, 0.2) is 0 Å². The Hall–Kier alpha value is -1.85. The largest absolute Gasteiger partial charge is 0.345 e. The third kappa shape index (κ3) is 2.32. The minimum atomic E-state index is -0.344. The van der Waals surface area contributed by atoms with Gasteiger partial charge in [0.25, 0.3) is 5.91 Å². The van der Waals surface area contributed by atoms with E-state index >= 15 is 0 Å². The first kappa shape index (κ1) is 14.1. The molecule has 114 valence electrons. The molecule has 6 heteroatoms. The molecular formula is C15H22N4O2. The van der Waals surface area contributed by atoms with Crippen LogP contribution in [-0.4, -0.2) is 58.1 Å². The molecule has 0 aliphatic carbocycles. The van der Waals surface area contributed by atoms with Crippen molar-refractivity contribution in [1.82, 2.24) is 19.6 Å². The molecule has 2 aliphatic rings. The number of carbonyl (C=O) groups excluding carboxylic acids is 2. The molecule has 0 saturated carbocycles. The van der Waals surface area contributed by atoms with Crippen LogP contribution in [0.5, 0.6) is 0 Å². The summed E-state index contributed by atoms with van der Waals surface area (Å²) in [5, 5.41) is 4.15. The van der Waals surface area contributed by atoms with Crippen LogP contribution >= 0.6 is 0 Å². The zero-order valence-electron chi connectivity index (χ0n) is 12.7. The number of likely N-dealkylation sites (tertiary alicyclic amines) is 2. The van der Waals surface area contributed by atoms with E-state index in [-0.39, 0.29) is 17.2 Å². The molecule has 1 aromatic rings. The fourth-order valence-electron chi connectivity index (χ4n) is 3.52. The van der Waals surface area contributed by atoms with Crippen molar-refractivity contribution in [3.05, 3.63) is 18.0 Å². The highest BCUT2D eigenvalue weighted by atomic mass is 16.2. The van der Waals surface area contributed by atoms with Crippen molar-refractivity contribution in [2.75, 3.05) is 26.7 Å². The van der Waals surface area contributed by atoms with Crippen molar-refractivity contribution in [2.24, 2.45) is 5.41 Å². The molecule has 0 aromatic carbocycles. The Balaban J connectivity index is 1.74. The average Bonchev–Trinajstić information content (AvgIpc) is 3.12. The van der Waals surface area contributed by atoms with Gasteiger partial charge in [-0.2, -0.15) is 5.10 Å². The van der Waals surface area contributed by atoms with Crippen molar-refractivity contribution >= 4 is 11.8 Å². The van der Waals surface area contributed by atoms with Crippen LogP contribution < -0.4 is 0 Å². The van der Waals surface area contributed by atoms with Crippen molar-refractivity contribution in [3.63, 3.8) is 0 Å². The third-order valence-corrected chi connectivity index (χ3v) is 4.79. The highest BCUT2D eigenvalue weighted by Crippen LogP contribution is 2.40. The molecular weight excluding hydrogens is 268 g/mol. The smallest absolute Gasteiger partial charge is 0.257 e. The van der Waals surface area contributed by atoms with Crippen molar-refractivity contribution < 1.29 is 9.59 Å². The Kier molecular flexibility index (Phi) is 3.47. The third-order valence-electron chi connectivity index (χ3n) is 4.79. The standard InChI is InChI=1S/C15H22N4O2/c1-3-19-10-12(9-16-19)13(20)18-8-6-15(11-18)5-4-7-17(2)14(15)21/h9-10H,3-8,11H2,1-2H3/t15-/m1/s1. The van der Waals surface area contributed by atoms with Gasteiger partial charge in [0, 0.05) is 39.4 Å². The Morgan fingerprint density at radius 1 is 1.38 bits per heavy atom. The van der Waals surface area contributed by atoms with Crippen LogP contribution in [-0.2, 0) is 11.3 Å². The first-order chi connectivity index (χ1) is 10.1. The quantitative estimate of drug-likeness (QED) is 0.816. The van der Waals surface area contributed by atoms with Gasteiger partial charge in [-0.3, -0.25) is 14.3 Å². The van der Waals surface area contributed by atoms with Crippen LogP contribution in [0.3, 0.4) is 0 Å². The van der Waals surface area contributed by atoms with Crippen LogP contribution in [0.15, 0.2) is 12.4 Å². The van der Waals surface area contributed by atoms with Gasteiger partial charge in [0.05, 0.1) is 17.2 Å². The molecule has 0 bridgehead atoms. The number of piperidine rings is 1. The topological polar surface area (TPSA) is 58.4 Å². The fraction of sp³-hybridized carbons (Fsp3) is 0.667. The zero-order chi connectivity index (χ0) is 15.0. The highest BCUT2D eigenvalue weighted by molar-refractivity contribution is 5.95. The average molecular weight is 290 g/mol. The number of aromatic nitrogens is 2. The Morgan fingerprint density at radius 2 is 2.19 bits per heavy atom. The van der Waals surface area contributed by atoms with E-state index in [1.807, 2.05) is 23.8 Å². The van der Waals surface area contributed by atoms with E-state index in [9.17, 15) is 9.59 Å². The molecule has 21 heavy (non-hydrogen) atoms. The summed E-state index contributed by atoms with van der Waals surface area (Å²) < 4.78 is 1.75. The molecule has 3 heterocycles. The summed E-state index contributed by atoms with van der Waals surface area (Å²) in [4.78, 5) is 28.6. The first-order valence-corrected chi connectivity index (χ1v) is 7.63. The molecule has 0 unspecified atom stereocenters. The predicted octanol–water partition coefficient (Wildman–Crippen LogP) is 0.987. The fourth-order valence-corrected chi connectivity index (χ4v) is 3.52. The number of amides is 2. The maximum absolute atomic E-state index is 12.5. The minimum Gasteiger partial charge on any atom is -0.345 e. The lowest BCUT2D eigenvalue weighted by Crippen LogP contribution is -2.48. The van der Waals surface area contributed by atoms with E-state index in [4.69, 9.17) is 0 Å². The van der Waals surface area contributed by atoms with E-state index in [0.29, 0.717) is 18.7 Å². The second-order valence-corrected chi connectivity index (χ2v) is 6.17. The van der Waals surface area contributed by atoms with E-state index < -0.39 is 0 Å². The molecule has 1 spiro atoms. The summed E-state index contributed by atoms with van der Waals surface area (Å²) >= 11 is 0. The molecule has 6 nitrogen and oxygen atoms in total. The summed E-state index contributed by atoms with van der Waals surface area (Å²) in [7, 11) is 1.86. The Morgan fingerprint density at radius 3 is 2.90 bits per heavy atom. The molecule has 0 N–H and O–H groups in total. The van der Waals surface area contributed by atoms with E-state index in [0.717, 1.165) is 32.4 Å². The summed E-state index contributed by atoms with van der Waals surface area (Å²) in [6.07, 6.45) is 6.10. The first-order valence-electron chi connectivity index (χ1n) is 7.63. The predicted molar refractivity (Wildman–Crippen MR) is 77.7 cm³/mol. The van der Waals surface area contributed by atoms with Crippen LogP contribution in [0, 0.1) is 5.41 Å². The van der Waals surface area contributed by atoms with Gasteiger partial charge in [-0.25, -0.2) is 0 Å². The summed E-state index contributed by atoms with van der Waals surface area (Å²) in [5.41, 5.74) is 0.272. The Bertz CT molecular complexity index is 568. The second kappa shape index (κ2) is 5.16. The normalized spacial score (nSPS) is 25.9. The number of aryl methyl sites for hydroxylation is 1. The summed E-state index contributed by atoms with van der Waals surface area (Å²) in [6.45, 7) is 4.78. The van der Waals surface area contributed by atoms with Gasteiger partial charge in [-0.15, -0.1) is 0 Å². The number of nitrogens with zero attached hydrogens (tertiary/aromatic N) is 4. The number of carbonyl (C=O) groups is 2. The van der Waals surface area contributed by atoms with Crippen LogP contribution in [0.2, 0.25) is 0 Å². The highest BCUT2D eigenvalue weighted by Gasteiger charge is 2.48. The second-order valence-electron chi connectivity index (χ2n) is 6.17. The van der Waals surface area contributed by atoms with Gasteiger partial charge in [-0.1, -0.05) is 0 Å². The monoisotopic (exact) mass is 290 g/mol. The minimum absolute atomic E-state index is 0.00685. The van der Waals surface area contributed by atoms with E-state index in [1.54, 1.807) is 17.1 Å². The molecule has 2 amide bonds. The van der Waals surface area contributed by atoms with Crippen LogP contribution in [0.4, 0.5) is 0 Å². The number of hydrogen-bond donors (Lipinski definition) is 0. The van der Waals surface area contributed by atoms with Crippen LogP contribution in [0.25, 0.3) is 0 Å². The van der Waals surface area contributed by atoms with E-state index in [2.05, 4.69) is 5.10 Å². The number of rotatable bonds is 2. The SMILES string of the molecule is CCn1cc(C(=O)N2CC[C@]3(CCCN(C)C3=O)C2)cn1. The van der Waals surface area contributed by atoms with Crippen molar-refractivity contribution in [2.45, 2.75) is 32.7 Å². The lowest BCUT2D eigenvalue weighted by molar-refractivity contribution is -0.143. The molecule has 1 atom stereocenters. The Labute approximate surface area is 124 Å². The van der Waals surface area contributed by atoms with Gasteiger partial charge < -0.3 is 9.80 Å². The zero-order valence-corrected chi connectivity index (χ0v) is 12.7. The summed E-state index contributed by atoms with van der Waals surface area (Å²) in [6, 6.07) is 0. The lowest BCUT2D eigenvalue weighted by Gasteiger charge is -2.37. The molecule has 2 fully saturated rings. The maximum atomic E-state index is 12.5. The van der Waals surface area contributed by atoms with Crippen LogP contribution in [0.1, 0.15) is 36.5 Å². The molecule has 1 aromatic heterocycles. The maximum Gasteiger partial charge on any atom is 0.257 e. The van der Waals surface area contributed by atoms with Gasteiger partial charge in [0.2, 0.25) is 5.91 Å². The molecule has 3 rings (SSSR count). The van der Waals surface area contributed by atoms with Gasteiger partial charge >= 0.3 is 0 Å². The molecule has 0 radical (unpaired) electrons. The van der Waals surface area contributed by atoms with Gasteiger partial charge in [-0.05, 0) is 26.2 Å². The molecule has 2 aliphatic heterocycles. The summed E-state index contributed by atoms with van der Waals surface area (Å²) in [5.74, 6) is 0.195. The van der Waals surface area contributed by atoms with Gasteiger partial charge in [0.1, 0.15) is 0 Å². The number of hydrogen-bond acceptors (Lipinski definition) is 3. The van der Waals surface area contributed by atoms with Crippen molar-refractivity contribution in [3.8, 4) is 0 Å².